The first kappa shape index (κ1) is 26.9. The van der Waals surface area contributed by atoms with Gasteiger partial charge in [0.15, 0.2) is 0 Å². The van der Waals surface area contributed by atoms with E-state index in [-0.39, 0.29) is 0 Å². The third kappa shape index (κ3) is 7.22. The highest BCUT2D eigenvalue weighted by atomic mass is 127. The zero-order valence-electron chi connectivity index (χ0n) is 17.7. The van der Waals surface area contributed by atoms with Crippen LogP contribution in [0.5, 0.6) is 5.75 Å². The van der Waals surface area contributed by atoms with E-state index in [1.54, 1.807) is 12.1 Å². The maximum atomic E-state index is 11.1. The summed E-state index contributed by atoms with van der Waals surface area (Å²) in [7, 11) is 1.26. The van der Waals surface area contributed by atoms with Gasteiger partial charge >= 0.3 is 5.97 Å². The van der Waals surface area contributed by atoms with E-state index in [1.807, 2.05) is 28.7 Å². The molecule has 0 spiro atoms. The fourth-order valence-electron chi connectivity index (χ4n) is 2.10. The topological polar surface area (TPSA) is 111 Å². The molecule has 31 heavy (non-hydrogen) atoms. The molecule has 164 valence electrons. The number of halogens is 3. The number of carbonyl (C=O) groups is 1. The van der Waals surface area contributed by atoms with Gasteiger partial charge in [0.1, 0.15) is 19.9 Å². The number of nitrogens with two attached hydrogens (primary N) is 2. The molecule has 0 aromatic heterocycles. The van der Waals surface area contributed by atoms with Crippen LogP contribution in [-0.2, 0) is 4.74 Å². The zero-order valence-corrected chi connectivity index (χ0v) is 22.4. The quantitative estimate of drug-likeness (QED) is 0.161. The Bertz CT molecular complexity index is 1100. The van der Waals surface area contributed by atoms with Crippen LogP contribution in [-0.4, -0.2) is 28.3 Å². The van der Waals surface area contributed by atoms with Crippen LogP contribution >= 0.6 is 45.8 Å². The largest absolute Gasteiger partial charge is 0.495 e. The normalized spacial score (nSPS) is 10.0. The lowest BCUT2D eigenvalue weighted by atomic mass is 10.1. The number of methoxy groups -OCH3 is 2. The zero-order chi connectivity index (χ0) is 23.9. The fraction of sp³-hybridized carbons (Fsp3) is 0.238. The molecule has 0 fully saturated rings. The van der Waals surface area contributed by atoms with Gasteiger partial charge in [0.05, 0.1) is 50.2 Å². The van der Waals surface area contributed by atoms with Crippen molar-refractivity contribution in [3.8, 4) is 23.3 Å². The van der Waals surface area contributed by atoms with Gasteiger partial charge in [-0.15, -0.1) is 5.54 Å². The molecule has 0 atom stereocenters. The van der Waals surface area contributed by atoms with E-state index in [0.717, 1.165) is 0 Å². The van der Waals surface area contributed by atoms with Crippen molar-refractivity contribution in [1.82, 2.24) is 0 Å². The van der Waals surface area contributed by atoms with Crippen molar-refractivity contribution in [2.45, 2.75) is 19.6 Å². The highest BCUT2D eigenvalue weighted by Crippen LogP contribution is 2.33. The molecule has 0 bridgehead atoms. The van der Waals surface area contributed by atoms with Gasteiger partial charge in [0, 0.05) is 11.8 Å². The minimum Gasteiger partial charge on any atom is -0.495 e. The Morgan fingerprint density at radius 1 is 1.16 bits per heavy atom. The molecule has 0 saturated carbocycles. The van der Waals surface area contributed by atoms with E-state index in [0.29, 0.717) is 47.4 Å². The summed E-state index contributed by atoms with van der Waals surface area (Å²) in [5, 5.41) is 9.64. The Morgan fingerprint density at radius 2 is 1.77 bits per heavy atom. The molecule has 6 nitrogen and oxygen atoms in total. The number of rotatable bonds is 2. The van der Waals surface area contributed by atoms with Crippen LogP contribution < -0.4 is 16.2 Å². The van der Waals surface area contributed by atoms with Crippen molar-refractivity contribution in [1.29, 1.82) is 5.26 Å². The summed E-state index contributed by atoms with van der Waals surface area (Å²) in [4.78, 5) is 11.1. The number of ether oxygens (including phenoxy) is 2. The van der Waals surface area contributed by atoms with Crippen molar-refractivity contribution in [3.63, 3.8) is 0 Å². The van der Waals surface area contributed by atoms with Crippen molar-refractivity contribution >= 4 is 71.2 Å². The van der Waals surface area contributed by atoms with Crippen LogP contribution in [0.15, 0.2) is 18.2 Å². The van der Waals surface area contributed by atoms with Crippen LogP contribution in [0, 0.1) is 26.4 Å². The van der Waals surface area contributed by atoms with E-state index in [2.05, 4.69) is 35.8 Å². The summed E-state index contributed by atoms with van der Waals surface area (Å²) in [6, 6.07) is 6.71. The predicted octanol–water partition coefficient (Wildman–Crippen LogP) is 5.34. The Balaban J connectivity index is 0.000000327. The minimum atomic E-state index is -1.54. The smallest absolute Gasteiger partial charge is 0.339 e. The van der Waals surface area contributed by atoms with Crippen LogP contribution in [0.2, 0.25) is 29.7 Å². The second kappa shape index (κ2) is 11.5. The molecule has 0 heterocycles. The van der Waals surface area contributed by atoms with Crippen molar-refractivity contribution in [3.05, 3.63) is 48.5 Å². The van der Waals surface area contributed by atoms with Crippen LogP contribution in [0.25, 0.3) is 0 Å². The second-order valence-electron chi connectivity index (χ2n) is 7.16. The first-order chi connectivity index (χ1) is 14.4. The van der Waals surface area contributed by atoms with Gasteiger partial charge in [-0.25, -0.2) is 4.79 Å². The van der Waals surface area contributed by atoms with Crippen molar-refractivity contribution in [2.24, 2.45) is 0 Å². The summed E-state index contributed by atoms with van der Waals surface area (Å²) in [6.45, 7) is 6.36. The van der Waals surface area contributed by atoms with E-state index < -0.39 is 14.0 Å². The predicted molar refractivity (Wildman–Crippen MR) is 137 cm³/mol. The standard InChI is InChI=1S/C13H15ClN2OSi.C8H7ClINO2/c1-17-11-7-9(8-15)12(14)10(13(11)16)5-6-18(2,3)4;1-13-8(12)4-2-3-5(11)7(10)6(4)9/h7H,16H2,1-4H3;2-3H,11H2,1H3. The first-order valence-electron chi connectivity index (χ1n) is 8.78. The molecule has 0 aliphatic carbocycles. The van der Waals surface area contributed by atoms with Crippen LogP contribution in [0.4, 0.5) is 11.4 Å². The maximum Gasteiger partial charge on any atom is 0.339 e. The van der Waals surface area contributed by atoms with Gasteiger partial charge in [-0.05, 0) is 34.7 Å². The molecule has 2 aromatic rings. The van der Waals surface area contributed by atoms with E-state index in [1.165, 1.54) is 20.3 Å². The van der Waals surface area contributed by atoms with E-state index in [4.69, 9.17) is 44.7 Å². The average molecular weight is 590 g/mol. The SMILES string of the molecule is COC(=O)c1ccc(N)c(I)c1Cl.COc1cc(C#N)c(Cl)c(C#C[Si](C)(C)C)c1N. The summed E-state index contributed by atoms with van der Waals surface area (Å²) < 4.78 is 10.3. The van der Waals surface area contributed by atoms with Crippen molar-refractivity contribution in [2.75, 3.05) is 25.7 Å². The number of benzene rings is 2. The fourth-order valence-corrected chi connectivity index (χ4v) is 3.57. The van der Waals surface area contributed by atoms with E-state index >= 15 is 0 Å². The molecule has 0 aliphatic heterocycles. The number of nitrogen functional groups attached to an aromatic ring is 2. The first-order valence-corrected chi connectivity index (χ1v) is 14.1. The third-order valence-corrected chi connectivity index (χ3v) is 6.83. The summed E-state index contributed by atoms with van der Waals surface area (Å²) in [5.74, 6) is 2.97. The van der Waals surface area contributed by atoms with Crippen LogP contribution in [0.3, 0.4) is 0 Å². The molecule has 0 amide bonds. The third-order valence-electron chi connectivity index (χ3n) is 3.69. The lowest BCUT2D eigenvalue weighted by Gasteiger charge is -2.10. The van der Waals surface area contributed by atoms with Gasteiger partial charge < -0.3 is 20.9 Å². The minimum absolute atomic E-state index is 0.293. The van der Waals surface area contributed by atoms with Gasteiger partial charge in [-0.1, -0.05) is 48.8 Å². The molecule has 4 N–H and O–H groups in total. The van der Waals surface area contributed by atoms with Gasteiger partial charge in [0.2, 0.25) is 0 Å². The number of anilines is 2. The molecule has 0 radical (unpaired) electrons. The average Bonchev–Trinajstić information content (AvgIpc) is 2.71. The van der Waals surface area contributed by atoms with Crippen molar-refractivity contribution < 1.29 is 14.3 Å². The van der Waals surface area contributed by atoms with Gasteiger partial charge in [-0.3, -0.25) is 0 Å². The molecule has 2 rings (SSSR count). The lowest BCUT2D eigenvalue weighted by molar-refractivity contribution is 0.0601. The Kier molecular flexibility index (Phi) is 9.98. The Morgan fingerprint density at radius 3 is 2.26 bits per heavy atom. The number of nitriles is 1. The number of hydrogen-bond acceptors (Lipinski definition) is 6. The van der Waals surface area contributed by atoms with Gasteiger partial charge in [-0.2, -0.15) is 5.26 Å². The molecule has 10 heteroatoms. The number of carbonyl (C=O) groups excluding carboxylic acids is 1. The van der Waals surface area contributed by atoms with Crippen LogP contribution in [0.1, 0.15) is 21.5 Å². The highest BCUT2D eigenvalue weighted by molar-refractivity contribution is 14.1. The molecular weight excluding hydrogens is 568 g/mol. The lowest BCUT2D eigenvalue weighted by Crippen LogP contribution is -2.16. The monoisotopic (exact) mass is 589 g/mol. The molecule has 2 aromatic carbocycles. The highest BCUT2D eigenvalue weighted by Gasteiger charge is 2.16. The molecular formula is C21H22Cl2IN3O3Si. The summed E-state index contributed by atoms with van der Waals surface area (Å²) in [6.07, 6.45) is 0. The maximum absolute atomic E-state index is 11.1. The number of esters is 1. The number of hydrogen-bond donors (Lipinski definition) is 2. The van der Waals surface area contributed by atoms with Gasteiger partial charge in [0.25, 0.3) is 0 Å². The molecule has 0 aliphatic rings. The second-order valence-corrected chi connectivity index (χ2v) is 13.7. The molecule has 0 saturated heterocycles. The van der Waals surface area contributed by atoms with E-state index in [9.17, 15) is 4.79 Å². The molecule has 0 unspecified atom stereocenters. The Labute approximate surface area is 206 Å². The number of nitrogens with zero attached hydrogens (tertiary/aromatic N) is 1. The Hall–Kier alpha value is -2.11. The summed E-state index contributed by atoms with van der Waals surface area (Å²) >= 11 is 14.0. The summed E-state index contributed by atoms with van der Waals surface area (Å²) in [5.41, 5.74) is 16.8.